The number of aliphatic hydroxyl groups is 1. The minimum Gasteiger partial charge on any atom is -0.375 e. The lowest BCUT2D eigenvalue weighted by Crippen LogP contribution is -2.41. The van der Waals surface area contributed by atoms with Crippen LogP contribution in [-0.4, -0.2) is 15.7 Å². The van der Waals surface area contributed by atoms with Crippen molar-refractivity contribution in [3.8, 4) is 17.3 Å². The molecule has 0 aliphatic heterocycles. The molecule has 3 nitrogen and oxygen atoms in total. The van der Waals surface area contributed by atoms with Gasteiger partial charge in [-0.05, 0) is 60.2 Å². The van der Waals surface area contributed by atoms with E-state index in [1.54, 1.807) is 12.1 Å². The van der Waals surface area contributed by atoms with Crippen LogP contribution in [0.2, 0.25) is 0 Å². The van der Waals surface area contributed by atoms with Gasteiger partial charge in [0.1, 0.15) is 17.5 Å². The number of hydrogen-bond donors (Lipinski definition) is 2. The van der Waals surface area contributed by atoms with Crippen molar-refractivity contribution in [3.63, 3.8) is 0 Å². The second kappa shape index (κ2) is 5.36. The first kappa shape index (κ1) is 15.7. The third-order valence-corrected chi connectivity index (χ3v) is 4.78. The molecule has 0 atom stereocenters. The van der Waals surface area contributed by atoms with Gasteiger partial charge < -0.3 is 10.1 Å². The minimum absolute atomic E-state index is 0.156. The standard InChI is InChI=1S/C19H13F3N2O/c20-12-3-1-10(2-4-12)17-16(11-7-19(25,8-11)9-23)14-5-13(21)6-15(22)18(14)24-17/h1-6,11,24-25H,7-8H2. The molecule has 3 aromatic rings. The first-order valence-electron chi connectivity index (χ1n) is 7.80. The topological polar surface area (TPSA) is 59.8 Å². The van der Waals surface area contributed by atoms with Crippen molar-refractivity contribution in [1.82, 2.24) is 4.98 Å². The maximum atomic E-state index is 14.2. The Morgan fingerprint density at radius 2 is 1.76 bits per heavy atom. The van der Waals surface area contributed by atoms with Crippen molar-refractivity contribution in [1.29, 1.82) is 5.26 Å². The third-order valence-electron chi connectivity index (χ3n) is 4.78. The van der Waals surface area contributed by atoms with Crippen molar-refractivity contribution in [2.45, 2.75) is 24.4 Å². The average Bonchev–Trinajstić information content (AvgIpc) is 2.92. The number of halogens is 3. The smallest absolute Gasteiger partial charge is 0.152 e. The predicted octanol–water partition coefficient (Wildman–Crippen LogP) is 4.38. The minimum atomic E-state index is -1.42. The van der Waals surface area contributed by atoms with Crippen LogP contribution in [-0.2, 0) is 0 Å². The lowest BCUT2D eigenvalue weighted by Gasteiger charge is -2.38. The van der Waals surface area contributed by atoms with Crippen LogP contribution in [0, 0.1) is 28.8 Å². The summed E-state index contributed by atoms with van der Waals surface area (Å²) in [5.41, 5.74) is 0.549. The molecule has 1 aliphatic carbocycles. The van der Waals surface area contributed by atoms with Gasteiger partial charge in [-0.15, -0.1) is 0 Å². The zero-order valence-electron chi connectivity index (χ0n) is 13.0. The number of H-pyrrole nitrogens is 1. The molecule has 25 heavy (non-hydrogen) atoms. The van der Waals surface area contributed by atoms with Crippen LogP contribution in [0.15, 0.2) is 36.4 Å². The van der Waals surface area contributed by atoms with Crippen molar-refractivity contribution < 1.29 is 18.3 Å². The molecule has 2 N–H and O–H groups in total. The Hall–Kier alpha value is -2.78. The molecule has 1 saturated carbocycles. The second-order valence-corrected chi connectivity index (χ2v) is 6.48. The number of aromatic amines is 1. The molecule has 1 fully saturated rings. The van der Waals surface area contributed by atoms with E-state index in [0.29, 0.717) is 22.2 Å². The Balaban J connectivity index is 1.93. The molecule has 0 unspecified atom stereocenters. The number of hydrogen-bond acceptors (Lipinski definition) is 2. The van der Waals surface area contributed by atoms with Gasteiger partial charge in [-0.1, -0.05) is 0 Å². The largest absolute Gasteiger partial charge is 0.375 e. The van der Waals surface area contributed by atoms with Gasteiger partial charge in [0.05, 0.1) is 17.3 Å². The monoisotopic (exact) mass is 342 g/mol. The molecule has 1 heterocycles. The summed E-state index contributed by atoms with van der Waals surface area (Å²) < 4.78 is 41.2. The molecule has 0 bridgehead atoms. The van der Waals surface area contributed by atoms with Crippen LogP contribution in [0.3, 0.4) is 0 Å². The van der Waals surface area contributed by atoms with E-state index in [1.165, 1.54) is 18.2 Å². The Labute approximate surface area is 141 Å². The molecule has 1 aromatic heterocycles. The van der Waals surface area contributed by atoms with E-state index in [0.717, 1.165) is 6.07 Å². The number of nitriles is 1. The highest BCUT2D eigenvalue weighted by Gasteiger charge is 2.45. The molecular formula is C19H13F3N2O. The number of aromatic nitrogens is 1. The van der Waals surface area contributed by atoms with Crippen LogP contribution < -0.4 is 0 Å². The van der Waals surface area contributed by atoms with Crippen molar-refractivity contribution in [2.24, 2.45) is 0 Å². The highest BCUT2D eigenvalue weighted by Crippen LogP contribution is 2.49. The van der Waals surface area contributed by atoms with Gasteiger partial charge in [-0.2, -0.15) is 5.26 Å². The summed E-state index contributed by atoms with van der Waals surface area (Å²) in [6.45, 7) is 0. The summed E-state index contributed by atoms with van der Waals surface area (Å²) in [5.74, 6) is -2.05. The zero-order chi connectivity index (χ0) is 17.8. The van der Waals surface area contributed by atoms with Crippen LogP contribution in [0.25, 0.3) is 22.2 Å². The number of rotatable bonds is 2. The normalized spacial score (nSPS) is 22.6. The quantitative estimate of drug-likeness (QED) is 0.679. The van der Waals surface area contributed by atoms with Crippen LogP contribution in [0.1, 0.15) is 24.3 Å². The van der Waals surface area contributed by atoms with Gasteiger partial charge in [0.15, 0.2) is 5.60 Å². The molecule has 0 radical (unpaired) electrons. The first-order valence-corrected chi connectivity index (χ1v) is 7.80. The fourth-order valence-corrected chi connectivity index (χ4v) is 3.56. The molecule has 1 aliphatic rings. The zero-order valence-corrected chi connectivity index (χ0v) is 13.0. The third kappa shape index (κ3) is 2.48. The fourth-order valence-electron chi connectivity index (χ4n) is 3.56. The first-order chi connectivity index (χ1) is 11.9. The number of nitrogens with zero attached hydrogens (tertiary/aromatic N) is 1. The Morgan fingerprint density at radius 3 is 2.40 bits per heavy atom. The molecule has 0 amide bonds. The Kier molecular flexibility index (Phi) is 3.37. The second-order valence-electron chi connectivity index (χ2n) is 6.48. The van der Waals surface area contributed by atoms with Crippen molar-refractivity contribution in [3.05, 3.63) is 59.4 Å². The summed E-state index contributed by atoms with van der Waals surface area (Å²) in [6.07, 6.45) is 0.367. The fraction of sp³-hybridized carbons (Fsp3) is 0.211. The van der Waals surface area contributed by atoms with Gasteiger partial charge in [0.25, 0.3) is 0 Å². The maximum Gasteiger partial charge on any atom is 0.152 e. The van der Waals surface area contributed by atoms with Gasteiger partial charge >= 0.3 is 0 Å². The molecule has 0 spiro atoms. The average molecular weight is 342 g/mol. The van der Waals surface area contributed by atoms with Gasteiger partial charge in [-0.3, -0.25) is 0 Å². The van der Waals surface area contributed by atoms with Gasteiger partial charge in [0.2, 0.25) is 0 Å². The van der Waals surface area contributed by atoms with E-state index in [2.05, 4.69) is 4.98 Å². The van der Waals surface area contributed by atoms with Crippen LogP contribution in [0.5, 0.6) is 0 Å². The van der Waals surface area contributed by atoms with E-state index in [-0.39, 0.29) is 24.3 Å². The summed E-state index contributed by atoms with van der Waals surface area (Å²) >= 11 is 0. The summed E-state index contributed by atoms with van der Waals surface area (Å²) in [4.78, 5) is 2.96. The predicted molar refractivity (Wildman–Crippen MR) is 86.1 cm³/mol. The van der Waals surface area contributed by atoms with Crippen LogP contribution in [0.4, 0.5) is 13.2 Å². The van der Waals surface area contributed by atoms with Crippen molar-refractivity contribution >= 4 is 10.9 Å². The molecular weight excluding hydrogens is 329 g/mol. The summed E-state index contributed by atoms with van der Waals surface area (Å²) in [7, 11) is 0. The summed E-state index contributed by atoms with van der Waals surface area (Å²) in [5, 5.41) is 19.4. The van der Waals surface area contributed by atoms with E-state index in [9.17, 15) is 18.3 Å². The highest BCUT2D eigenvalue weighted by molar-refractivity contribution is 5.92. The Bertz CT molecular complexity index is 1010. The Morgan fingerprint density at radius 1 is 1.08 bits per heavy atom. The number of benzene rings is 2. The molecule has 0 saturated heterocycles. The molecule has 4 rings (SSSR count). The SMILES string of the molecule is N#CC1(O)CC(c2c(-c3ccc(F)cc3)[nH]c3c(F)cc(F)cc23)C1. The summed E-state index contributed by atoms with van der Waals surface area (Å²) in [6, 6.07) is 9.56. The van der Waals surface area contributed by atoms with Gasteiger partial charge in [-0.25, -0.2) is 13.2 Å². The molecule has 126 valence electrons. The van der Waals surface area contributed by atoms with E-state index in [1.807, 2.05) is 6.07 Å². The highest BCUT2D eigenvalue weighted by atomic mass is 19.1. The van der Waals surface area contributed by atoms with E-state index < -0.39 is 23.1 Å². The number of nitrogens with one attached hydrogen (secondary N) is 1. The maximum absolute atomic E-state index is 14.2. The van der Waals surface area contributed by atoms with E-state index in [4.69, 9.17) is 5.26 Å². The van der Waals surface area contributed by atoms with Crippen LogP contribution >= 0.6 is 0 Å². The van der Waals surface area contributed by atoms with Crippen molar-refractivity contribution in [2.75, 3.05) is 0 Å². The number of fused-ring (bicyclic) bond motifs is 1. The lowest BCUT2D eigenvalue weighted by molar-refractivity contribution is 0.00450. The molecule has 2 aromatic carbocycles. The molecule has 6 heteroatoms. The lowest BCUT2D eigenvalue weighted by atomic mass is 9.68. The van der Waals surface area contributed by atoms with E-state index >= 15 is 0 Å². The van der Waals surface area contributed by atoms with Gasteiger partial charge in [0, 0.05) is 11.5 Å².